The van der Waals surface area contributed by atoms with Crippen molar-refractivity contribution in [2.45, 2.75) is 37.5 Å². The van der Waals surface area contributed by atoms with Crippen LogP contribution in [-0.4, -0.2) is 29.5 Å². The van der Waals surface area contributed by atoms with Gasteiger partial charge in [0.15, 0.2) is 0 Å². The predicted octanol–water partition coefficient (Wildman–Crippen LogP) is 3.53. The van der Waals surface area contributed by atoms with E-state index in [1.54, 1.807) is 18.2 Å². The van der Waals surface area contributed by atoms with E-state index in [-0.39, 0.29) is 12.0 Å². The Bertz CT molecular complexity index is 478. The molecule has 0 saturated heterocycles. The molecule has 0 saturated carbocycles. The lowest BCUT2D eigenvalue weighted by Crippen LogP contribution is -2.40. The van der Waals surface area contributed by atoms with Crippen molar-refractivity contribution >= 4 is 23.5 Å². The molecule has 0 spiro atoms. The second-order valence-corrected chi connectivity index (χ2v) is 6.62. The van der Waals surface area contributed by atoms with Crippen LogP contribution in [0.25, 0.3) is 0 Å². The third-order valence-electron chi connectivity index (χ3n) is 2.81. The molecule has 0 radical (unpaired) electrons. The summed E-state index contributed by atoms with van der Waals surface area (Å²) in [7, 11) is 0. The Labute approximate surface area is 127 Å². The van der Waals surface area contributed by atoms with Crippen LogP contribution in [-0.2, 0) is 0 Å². The Kier molecular flexibility index (Phi) is 6.42. The Hall–Kier alpha value is -1.34. The summed E-state index contributed by atoms with van der Waals surface area (Å²) < 4.78 is 24.8. The molecule has 1 aromatic rings. The number of urea groups is 1. The van der Waals surface area contributed by atoms with Crippen molar-refractivity contribution in [3.63, 3.8) is 0 Å². The number of alkyl halides is 2. The van der Waals surface area contributed by atoms with Crippen molar-refractivity contribution in [3.8, 4) is 0 Å². The first-order valence-corrected chi connectivity index (χ1v) is 7.35. The highest BCUT2D eigenvalue weighted by atomic mass is 32.2. The van der Waals surface area contributed by atoms with Gasteiger partial charge in [0.25, 0.3) is 5.76 Å². The van der Waals surface area contributed by atoms with Crippen LogP contribution in [0.5, 0.6) is 0 Å². The van der Waals surface area contributed by atoms with E-state index in [1.807, 2.05) is 20.8 Å². The number of carbonyl (C=O) groups is 1. The molecular formula is C14H20F2N2O2S. The Morgan fingerprint density at radius 3 is 2.52 bits per heavy atom. The smallest absolute Gasteiger partial charge is 0.319 e. The van der Waals surface area contributed by atoms with Crippen LogP contribution in [0.1, 0.15) is 20.8 Å². The van der Waals surface area contributed by atoms with Crippen LogP contribution < -0.4 is 10.6 Å². The number of halogens is 2. The Morgan fingerprint density at radius 1 is 1.33 bits per heavy atom. The quantitative estimate of drug-likeness (QED) is 0.728. The van der Waals surface area contributed by atoms with Crippen LogP contribution in [0.4, 0.5) is 19.3 Å². The summed E-state index contributed by atoms with van der Waals surface area (Å²) in [5.74, 6) is -2.56. The molecule has 7 heteroatoms. The number of benzene rings is 1. The van der Waals surface area contributed by atoms with Crippen molar-refractivity contribution in [1.82, 2.24) is 5.32 Å². The van der Waals surface area contributed by atoms with E-state index < -0.39 is 17.9 Å². The van der Waals surface area contributed by atoms with E-state index >= 15 is 0 Å². The number of para-hydroxylation sites is 1. The number of amides is 2. The number of nitrogens with one attached hydrogen (secondary N) is 2. The average molecular weight is 318 g/mol. The molecule has 0 fully saturated rings. The third-order valence-corrected chi connectivity index (χ3v) is 3.60. The van der Waals surface area contributed by atoms with Gasteiger partial charge in [-0.25, -0.2) is 4.79 Å². The highest BCUT2D eigenvalue weighted by Gasteiger charge is 2.22. The zero-order chi connectivity index (χ0) is 16.0. The molecule has 4 nitrogen and oxygen atoms in total. The summed E-state index contributed by atoms with van der Waals surface area (Å²) in [6.45, 7) is 5.64. The number of thioether (sulfide) groups is 1. The molecular weight excluding hydrogens is 298 g/mol. The lowest BCUT2D eigenvalue weighted by molar-refractivity contribution is 0.0654. The van der Waals surface area contributed by atoms with Gasteiger partial charge < -0.3 is 15.7 Å². The van der Waals surface area contributed by atoms with Crippen LogP contribution in [0, 0.1) is 5.41 Å². The highest BCUT2D eigenvalue weighted by Crippen LogP contribution is 2.31. The molecule has 2 amide bonds. The van der Waals surface area contributed by atoms with Gasteiger partial charge in [-0.3, -0.25) is 0 Å². The van der Waals surface area contributed by atoms with Gasteiger partial charge >= 0.3 is 6.03 Å². The van der Waals surface area contributed by atoms with Crippen molar-refractivity contribution in [2.24, 2.45) is 5.41 Å². The number of aliphatic hydroxyl groups excluding tert-OH is 1. The minimum absolute atomic E-state index is 0.0828. The van der Waals surface area contributed by atoms with Crippen molar-refractivity contribution in [3.05, 3.63) is 24.3 Å². The van der Waals surface area contributed by atoms with Crippen molar-refractivity contribution < 1.29 is 18.7 Å². The topological polar surface area (TPSA) is 61.4 Å². The maximum absolute atomic E-state index is 12.4. The summed E-state index contributed by atoms with van der Waals surface area (Å²) in [6.07, 6.45) is -0.700. The molecule has 0 aliphatic carbocycles. The molecule has 3 N–H and O–H groups in total. The van der Waals surface area contributed by atoms with Crippen molar-refractivity contribution in [2.75, 3.05) is 11.9 Å². The fourth-order valence-electron chi connectivity index (χ4n) is 1.43. The molecule has 21 heavy (non-hydrogen) atoms. The first kappa shape index (κ1) is 17.7. The predicted molar refractivity (Wildman–Crippen MR) is 80.8 cm³/mol. The number of hydrogen-bond donors (Lipinski definition) is 3. The van der Waals surface area contributed by atoms with Gasteiger partial charge in [0.05, 0.1) is 11.8 Å². The van der Waals surface area contributed by atoms with Crippen molar-refractivity contribution in [1.29, 1.82) is 0 Å². The maximum atomic E-state index is 12.4. The molecule has 1 aromatic carbocycles. The molecule has 0 aromatic heterocycles. The highest BCUT2D eigenvalue weighted by molar-refractivity contribution is 7.99. The van der Waals surface area contributed by atoms with E-state index in [4.69, 9.17) is 0 Å². The number of rotatable bonds is 5. The van der Waals surface area contributed by atoms with E-state index in [2.05, 4.69) is 10.6 Å². The zero-order valence-electron chi connectivity index (χ0n) is 12.2. The van der Waals surface area contributed by atoms with E-state index in [0.29, 0.717) is 22.3 Å². The largest absolute Gasteiger partial charge is 0.391 e. The fourth-order valence-corrected chi connectivity index (χ4v) is 2.03. The number of anilines is 1. The first-order chi connectivity index (χ1) is 9.70. The second kappa shape index (κ2) is 7.61. The first-order valence-electron chi connectivity index (χ1n) is 6.47. The summed E-state index contributed by atoms with van der Waals surface area (Å²) in [6, 6.07) is 5.79. The van der Waals surface area contributed by atoms with Gasteiger partial charge in [0, 0.05) is 11.4 Å². The van der Waals surface area contributed by atoms with Crippen LogP contribution in [0.3, 0.4) is 0 Å². The molecule has 1 rings (SSSR count). The van der Waals surface area contributed by atoms with Crippen LogP contribution in [0.2, 0.25) is 0 Å². The molecule has 0 heterocycles. The lowest BCUT2D eigenvalue weighted by atomic mass is 9.89. The monoisotopic (exact) mass is 318 g/mol. The van der Waals surface area contributed by atoms with E-state index in [1.165, 1.54) is 6.07 Å². The van der Waals surface area contributed by atoms with Gasteiger partial charge in [-0.05, 0) is 17.5 Å². The second-order valence-electron chi connectivity index (χ2n) is 5.59. The summed E-state index contributed by atoms with van der Waals surface area (Å²) in [5.41, 5.74) is -0.0398. The Morgan fingerprint density at radius 2 is 1.95 bits per heavy atom. The van der Waals surface area contributed by atoms with Gasteiger partial charge in [-0.2, -0.15) is 8.78 Å². The summed E-state index contributed by atoms with van der Waals surface area (Å²) >= 11 is 0.370. The standard InChI is InChI=1S/C14H20F2N2O2S/c1-14(2,3)11(19)8-17-13(20)18-9-6-4-5-7-10(9)21-12(15)16/h4-7,11-12,19H,8H2,1-3H3,(H2,17,18,20). The van der Waals surface area contributed by atoms with Crippen LogP contribution >= 0.6 is 11.8 Å². The molecule has 0 bridgehead atoms. The molecule has 118 valence electrons. The Balaban J connectivity index is 2.59. The summed E-state index contributed by atoms with van der Waals surface area (Å²) in [5, 5.41) is 14.9. The minimum atomic E-state index is -2.56. The molecule has 0 aliphatic rings. The lowest BCUT2D eigenvalue weighted by Gasteiger charge is -2.26. The summed E-state index contributed by atoms with van der Waals surface area (Å²) in [4.78, 5) is 12.0. The van der Waals surface area contributed by atoms with Gasteiger partial charge in [-0.1, -0.05) is 44.7 Å². The number of hydrogen-bond acceptors (Lipinski definition) is 3. The van der Waals surface area contributed by atoms with E-state index in [9.17, 15) is 18.7 Å². The van der Waals surface area contributed by atoms with Gasteiger partial charge in [-0.15, -0.1) is 0 Å². The van der Waals surface area contributed by atoms with Gasteiger partial charge in [0.1, 0.15) is 0 Å². The molecule has 1 atom stereocenters. The maximum Gasteiger partial charge on any atom is 0.319 e. The number of carbonyl (C=O) groups excluding carboxylic acids is 1. The number of aliphatic hydroxyl groups is 1. The SMILES string of the molecule is CC(C)(C)C(O)CNC(=O)Nc1ccccc1SC(F)F. The zero-order valence-corrected chi connectivity index (χ0v) is 13.0. The fraction of sp³-hybridized carbons (Fsp3) is 0.500. The van der Waals surface area contributed by atoms with Gasteiger partial charge in [0.2, 0.25) is 0 Å². The molecule has 0 aliphatic heterocycles. The molecule has 1 unspecified atom stereocenters. The third kappa shape index (κ3) is 6.31. The van der Waals surface area contributed by atoms with Crippen LogP contribution in [0.15, 0.2) is 29.2 Å². The van der Waals surface area contributed by atoms with E-state index in [0.717, 1.165) is 0 Å². The average Bonchev–Trinajstić information content (AvgIpc) is 2.36. The normalized spacial score (nSPS) is 13.1. The minimum Gasteiger partial charge on any atom is -0.391 e.